The third-order valence-corrected chi connectivity index (χ3v) is 6.17. The standard InChI is InChI=1S/C25H25F3N4O2/c1-17(24(34)30-22-9-8-20(26)13-29-22)31-12-11-25(27,28)21(16-31)19-7-10-23(33)32(15-19)14-18-5-3-2-4-6-18/h2-10,13,15,17,21H,11-12,14,16H2,1H3,(H,29,30,34). The number of piperidine rings is 1. The van der Waals surface area contributed by atoms with Gasteiger partial charge in [0, 0.05) is 31.8 Å². The van der Waals surface area contributed by atoms with E-state index in [9.17, 15) is 22.8 Å². The molecule has 1 aromatic carbocycles. The van der Waals surface area contributed by atoms with Gasteiger partial charge in [0.15, 0.2) is 0 Å². The minimum atomic E-state index is -2.99. The van der Waals surface area contributed by atoms with Gasteiger partial charge < -0.3 is 9.88 Å². The molecule has 1 N–H and O–H groups in total. The number of rotatable bonds is 6. The van der Waals surface area contributed by atoms with Crippen LogP contribution in [-0.4, -0.2) is 45.4 Å². The molecule has 178 valence electrons. The summed E-state index contributed by atoms with van der Waals surface area (Å²) in [5.74, 6) is -4.92. The van der Waals surface area contributed by atoms with Gasteiger partial charge in [0.1, 0.15) is 11.6 Å². The van der Waals surface area contributed by atoms with Gasteiger partial charge in [-0.15, -0.1) is 0 Å². The Bertz CT molecular complexity index is 1200. The second kappa shape index (κ2) is 9.80. The molecule has 1 aliphatic rings. The molecule has 1 fully saturated rings. The van der Waals surface area contributed by atoms with E-state index in [4.69, 9.17) is 0 Å². The number of hydrogen-bond donors (Lipinski definition) is 1. The van der Waals surface area contributed by atoms with Crippen molar-refractivity contribution >= 4 is 11.7 Å². The van der Waals surface area contributed by atoms with Crippen molar-refractivity contribution in [2.45, 2.75) is 37.8 Å². The van der Waals surface area contributed by atoms with Crippen molar-refractivity contribution < 1.29 is 18.0 Å². The first-order valence-corrected chi connectivity index (χ1v) is 11.0. The quantitative estimate of drug-likeness (QED) is 0.594. The fourth-order valence-electron chi connectivity index (χ4n) is 4.13. The summed E-state index contributed by atoms with van der Waals surface area (Å²) < 4.78 is 44.4. The van der Waals surface area contributed by atoms with Crippen molar-refractivity contribution in [3.05, 3.63) is 94.3 Å². The third-order valence-electron chi connectivity index (χ3n) is 6.17. The molecule has 1 saturated heterocycles. The van der Waals surface area contributed by atoms with Gasteiger partial charge in [0.05, 0.1) is 24.7 Å². The van der Waals surface area contributed by atoms with Crippen LogP contribution in [0.1, 0.15) is 30.4 Å². The number of alkyl halides is 2. The molecule has 2 unspecified atom stereocenters. The van der Waals surface area contributed by atoms with Crippen LogP contribution in [0.2, 0.25) is 0 Å². The molecular formula is C25H25F3N4O2. The number of likely N-dealkylation sites (tertiary alicyclic amines) is 1. The lowest BCUT2D eigenvalue weighted by Crippen LogP contribution is -2.52. The minimum absolute atomic E-state index is 0.0403. The number of benzene rings is 1. The van der Waals surface area contributed by atoms with Crippen LogP contribution in [0.4, 0.5) is 19.0 Å². The van der Waals surface area contributed by atoms with Gasteiger partial charge in [-0.25, -0.2) is 18.2 Å². The van der Waals surface area contributed by atoms with E-state index in [2.05, 4.69) is 10.3 Å². The average molecular weight is 470 g/mol. The van der Waals surface area contributed by atoms with E-state index in [0.717, 1.165) is 11.8 Å². The molecule has 0 aliphatic carbocycles. The summed E-state index contributed by atoms with van der Waals surface area (Å²) in [5.41, 5.74) is 0.958. The maximum absolute atomic E-state index is 15.0. The van der Waals surface area contributed by atoms with Gasteiger partial charge in [-0.05, 0) is 30.2 Å². The summed E-state index contributed by atoms with van der Waals surface area (Å²) in [6.45, 7) is 1.90. The summed E-state index contributed by atoms with van der Waals surface area (Å²) >= 11 is 0. The van der Waals surface area contributed by atoms with Crippen LogP contribution in [-0.2, 0) is 11.3 Å². The van der Waals surface area contributed by atoms with E-state index < -0.39 is 36.0 Å². The Labute approximate surface area is 195 Å². The zero-order valence-corrected chi connectivity index (χ0v) is 18.6. The molecule has 9 heteroatoms. The van der Waals surface area contributed by atoms with Crippen molar-refractivity contribution in [2.24, 2.45) is 0 Å². The highest BCUT2D eigenvalue weighted by Gasteiger charge is 2.46. The largest absolute Gasteiger partial charge is 0.311 e. The molecular weight excluding hydrogens is 445 g/mol. The summed E-state index contributed by atoms with van der Waals surface area (Å²) in [5, 5.41) is 2.59. The lowest BCUT2D eigenvalue weighted by molar-refractivity contribution is -0.125. The molecule has 3 heterocycles. The van der Waals surface area contributed by atoms with Crippen LogP contribution < -0.4 is 10.9 Å². The number of pyridine rings is 2. The Morgan fingerprint density at radius 2 is 1.94 bits per heavy atom. The van der Waals surface area contributed by atoms with Crippen LogP contribution in [0.15, 0.2) is 71.8 Å². The van der Waals surface area contributed by atoms with Crippen molar-refractivity contribution in [3.8, 4) is 0 Å². The van der Waals surface area contributed by atoms with E-state index in [-0.39, 0.29) is 31.0 Å². The number of amides is 1. The number of nitrogens with one attached hydrogen (secondary N) is 1. The monoisotopic (exact) mass is 470 g/mol. The highest BCUT2D eigenvalue weighted by Crippen LogP contribution is 2.40. The molecule has 34 heavy (non-hydrogen) atoms. The highest BCUT2D eigenvalue weighted by atomic mass is 19.3. The molecule has 6 nitrogen and oxygen atoms in total. The maximum atomic E-state index is 15.0. The van der Waals surface area contributed by atoms with Crippen LogP contribution in [0, 0.1) is 5.82 Å². The predicted octanol–water partition coefficient (Wildman–Crippen LogP) is 3.88. The van der Waals surface area contributed by atoms with Gasteiger partial charge in [0.25, 0.3) is 11.5 Å². The van der Waals surface area contributed by atoms with Crippen LogP contribution in [0.25, 0.3) is 0 Å². The molecule has 0 spiro atoms. The molecule has 0 radical (unpaired) electrons. The molecule has 2 atom stereocenters. The van der Waals surface area contributed by atoms with Gasteiger partial charge >= 0.3 is 0 Å². The van der Waals surface area contributed by atoms with E-state index in [1.54, 1.807) is 11.8 Å². The lowest BCUT2D eigenvalue weighted by Gasteiger charge is -2.40. The molecule has 0 saturated carbocycles. The first-order valence-electron chi connectivity index (χ1n) is 11.0. The maximum Gasteiger partial charge on any atom is 0.257 e. The van der Waals surface area contributed by atoms with Crippen LogP contribution >= 0.6 is 0 Å². The Kier molecular flexibility index (Phi) is 6.83. The number of aromatic nitrogens is 2. The fourth-order valence-corrected chi connectivity index (χ4v) is 4.13. The Balaban J connectivity index is 1.52. The topological polar surface area (TPSA) is 67.2 Å². The summed E-state index contributed by atoms with van der Waals surface area (Å²) in [4.78, 5) is 30.5. The van der Waals surface area contributed by atoms with Crippen LogP contribution in [0.5, 0.6) is 0 Å². The molecule has 4 rings (SSSR count). The number of hydrogen-bond acceptors (Lipinski definition) is 4. The van der Waals surface area contributed by atoms with E-state index in [1.165, 1.54) is 35.0 Å². The Morgan fingerprint density at radius 1 is 1.18 bits per heavy atom. The predicted molar refractivity (Wildman–Crippen MR) is 122 cm³/mol. The summed E-state index contributed by atoms with van der Waals surface area (Å²) in [6, 6.07) is 13.9. The fraction of sp³-hybridized carbons (Fsp3) is 0.320. The summed E-state index contributed by atoms with van der Waals surface area (Å²) in [7, 11) is 0. The minimum Gasteiger partial charge on any atom is -0.311 e. The second-order valence-corrected chi connectivity index (χ2v) is 8.50. The average Bonchev–Trinajstić information content (AvgIpc) is 2.82. The molecule has 3 aromatic rings. The summed E-state index contributed by atoms with van der Waals surface area (Å²) in [6.07, 6.45) is 2.06. The smallest absolute Gasteiger partial charge is 0.257 e. The van der Waals surface area contributed by atoms with Gasteiger partial charge in [0.2, 0.25) is 5.91 Å². The highest BCUT2D eigenvalue weighted by molar-refractivity contribution is 5.93. The van der Waals surface area contributed by atoms with Crippen molar-refractivity contribution in [2.75, 3.05) is 18.4 Å². The van der Waals surface area contributed by atoms with Gasteiger partial charge in [-0.3, -0.25) is 14.5 Å². The molecule has 0 bridgehead atoms. The number of nitrogens with zero attached hydrogens (tertiary/aromatic N) is 3. The third kappa shape index (κ3) is 5.36. The first kappa shape index (κ1) is 23.7. The van der Waals surface area contributed by atoms with Gasteiger partial charge in [-0.1, -0.05) is 36.4 Å². The zero-order chi connectivity index (χ0) is 24.3. The van der Waals surface area contributed by atoms with E-state index in [0.29, 0.717) is 5.56 Å². The first-order chi connectivity index (χ1) is 16.2. The molecule has 1 aliphatic heterocycles. The number of carbonyl (C=O) groups is 1. The SMILES string of the molecule is CC(C(=O)Nc1ccc(F)cn1)N1CCC(F)(F)C(c2ccc(=O)n(Cc3ccccc3)c2)C1. The van der Waals surface area contributed by atoms with Crippen LogP contribution in [0.3, 0.4) is 0 Å². The number of carbonyl (C=O) groups excluding carboxylic acids is 1. The molecule has 2 aromatic heterocycles. The van der Waals surface area contributed by atoms with E-state index >= 15 is 0 Å². The van der Waals surface area contributed by atoms with Gasteiger partial charge in [-0.2, -0.15) is 0 Å². The Hall–Kier alpha value is -3.46. The van der Waals surface area contributed by atoms with Crippen molar-refractivity contribution in [3.63, 3.8) is 0 Å². The molecule has 1 amide bonds. The van der Waals surface area contributed by atoms with E-state index in [1.807, 2.05) is 30.3 Å². The number of halogens is 3. The van der Waals surface area contributed by atoms with Crippen molar-refractivity contribution in [1.82, 2.24) is 14.5 Å². The second-order valence-electron chi connectivity index (χ2n) is 8.50. The lowest BCUT2D eigenvalue weighted by atomic mass is 9.87. The van der Waals surface area contributed by atoms with Crippen molar-refractivity contribution in [1.29, 1.82) is 0 Å². The zero-order valence-electron chi connectivity index (χ0n) is 18.6. The normalized spacial score (nSPS) is 18.9. The Morgan fingerprint density at radius 3 is 2.65 bits per heavy atom. The number of anilines is 1.